The van der Waals surface area contributed by atoms with Gasteiger partial charge >= 0.3 is 5.97 Å². The SMILES string of the molecule is CCO[C@@H]1C[C@@H]2CN3CCc4c([nH]c5cc(OC)ccc45)[C@H]3C[C@@H]2[C@H](C(=O)OC)[C@H]1OC. The van der Waals surface area contributed by atoms with Crippen LogP contribution in [0.1, 0.15) is 37.1 Å². The summed E-state index contributed by atoms with van der Waals surface area (Å²) in [6.07, 6.45) is 2.52. The topological polar surface area (TPSA) is 73.0 Å². The summed E-state index contributed by atoms with van der Waals surface area (Å²) in [4.78, 5) is 19.3. The molecule has 3 heterocycles. The molecule has 2 aromatic rings. The average Bonchev–Trinajstić information content (AvgIpc) is 3.19. The Kier molecular flexibility index (Phi) is 5.90. The second-order valence-electron chi connectivity index (χ2n) is 9.33. The van der Waals surface area contributed by atoms with Crippen LogP contribution in [0.15, 0.2) is 18.2 Å². The Morgan fingerprint density at radius 3 is 2.78 bits per heavy atom. The van der Waals surface area contributed by atoms with Crippen LogP contribution >= 0.6 is 0 Å². The first kappa shape index (κ1) is 21.7. The fraction of sp³-hybridized carbons (Fsp3) is 0.640. The summed E-state index contributed by atoms with van der Waals surface area (Å²) in [6, 6.07) is 6.54. The number of hydrogen-bond acceptors (Lipinski definition) is 6. The van der Waals surface area contributed by atoms with E-state index in [1.807, 2.05) is 13.0 Å². The lowest BCUT2D eigenvalue weighted by atomic mass is 9.64. The van der Waals surface area contributed by atoms with Gasteiger partial charge in [-0.25, -0.2) is 0 Å². The molecule has 1 saturated heterocycles. The molecule has 0 radical (unpaired) electrons. The maximum absolute atomic E-state index is 13.0. The molecule has 1 aliphatic carbocycles. The summed E-state index contributed by atoms with van der Waals surface area (Å²) in [5.41, 5.74) is 3.82. The van der Waals surface area contributed by atoms with Gasteiger partial charge in [0.05, 0.1) is 38.4 Å². The van der Waals surface area contributed by atoms with Crippen LogP contribution in [0.25, 0.3) is 10.9 Å². The van der Waals surface area contributed by atoms with Gasteiger partial charge in [0, 0.05) is 49.5 Å². The van der Waals surface area contributed by atoms with E-state index in [4.69, 9.17) is 18.9 Å². The number of rotatable bonds is 5. The van der Waals surface area contributed by atoms with Gasteiger partial charge in [-0.2, -0.15) is 0 Å². The first-order valence-corrected chi connectivity index (χ1v) is 11.7. The predicted molar refractivity (Wildman–Crippen MR) is 121 cm³/mol. The molecule has 0 bridgehead atoms. The number of hydrogen-bond donors (Lipinski definition) is 1. The van der Waals surface area contributed by atoms with Crippen LogP contribution in [-0.2, 0) is 25.4 Å². The van der Waals surface area contributed by atoms with Crippen LogP contribution in [0.3, 0.4) is 0 Å². The zero-order valence-corrected chi connectivity index (χ0v) is 19.4. The number of ether oxygens (including phenoxy) is 4. The van der Waals surface area contributed by atoms with Crippen LogP contribution in [0.2, 0.25) is 0 Å². The monoisotopic (exact) mass is 442 g/mol. The number of aromatic amines is 1. The minimum absolute atomic E-state index is 0.0761. The Labute approximate surface area is 189 Å². The highest BCUT2D eigenvalue weighted by Crippen LogP contribution is 2.50. The molecule has 3 aliphatic rings. The van der Waals surface area contributed by atoms with E-state index in [1.54, 1.807) is 14.2 Å². The zero-order valence-electron chi connectivity index (χ0n) is 19.4. The number of nitrogens with one attached hydrogen (secondary N) is 1. The molecule has 174 valence electrons. The fourth-order valence-corrected chi connectivity index (χ4v) is 6.62. The van der Waals surface area contributed by atoms with Gasteiger partial charge in [0.1, 0.15) is 5.75 Å². The van der Waals surface area contributed by atoms with E-state index in [2.05, 4.69) is 22.0 Å². The Bertz CT molecular complexity index is 988. The zero-order chi connectivity index (χ0) is 22.4. The van der Waals surface area contributed by atoms with E-state index in [1.165, 1.54) is 23.8 Å². The molecule has 7 nitrogen and oxygen atoms in total. The van der Waals surface area contributed by atoms with Gasteiger partial charge in [0.15, 0.2) is 0 Å². The number of carbonyl (C=O) groups excluding carboxylic acids is 1. The van der Waals surface area contributed by atoms with Crippen LogP contribution in [0.4, 0.5) is 0 Å². The van der Waals surface area contributed by atoms with E-state index in [0.29, 0.717) is 12.5 Å². The first-order valence-electron chi connectivity index (χ1n) is 11.7. The van der Waals surface area contributed by atoms with E-state index in [-0.39, 0.29) is 36.1 Å². The third-order valence-electron chi connectivity index (χ3n) is 7.98. The van der Waals surface area contributed by atoms with Gasteiger partial charge in [-0.3, -0.25) is 9.69 Å². The molecular formula is C25H34N2O5. The van der Waals surface area contributed by atoms with Crippen molar-refractivity contribution in [3.05, 3.63) is 29.5 Å². The van der Waals surface area contributed by atoms with Crippen molar-refractivity contribution < 1.29 is 23.7 Å². The van der Waals surface area contributed by atoms with E-state index in [9.17, 15) is 4.79 Å². The number of methoxy groups -OCH3 is 3. The average molecular weight is 443 g/mol. The van der Waals surface area contributed by atoms with Crippen LogP contribution in [-0.4, -0.2) is 69.1 Å². The molecule has 2 fully saturated rings. The maximum Gasteiger partial charge on any atom is 0.311 e. The fourth-order valence-electron chi connectivity index (χ4n) is 6.62. The lowest BCUT2D eigenvalue weighted by Gasteiger charge is -2.53. The predicted octanol–water partition coefficient (Wildman–Crippen LogP) is 3.32. The summed E-state index contributed by atoms with van der Waals surface area (Å²) in [5.74, 6) is 0.973. The Hall–Kier alpha value is -2.09. The van der Waals surface area contributed by atoms with Gasteiger partial charge < -0.3 is 23.9 Å². The molecule has 1 aromatic carbocycles. The summed E-state index contributed by atoms with van der Waals surface area (Å²) in [7, 11) is 4.87. The van der Waals surface area contributed by atoms with Crippen molar-refractivity contribution in [2.24, 2.45) is 17.8 Å². The summed E-state index contributed by atoms with van der Waals surface area (Å²) in [5, 5.41) is 1.28. The number of H-pyrrole nitrogens is 1. The molecule has 0 unspecified atom stereocenters. The minimum Gasteiger partial charge on any atom is -0.497 e. The Morgan fingerprint density at radius 1 is 1.22 bits per heavy atom. The van der Waals surface area contributed by atoms with Gasteiger partial charge in [0.2, 0.25) is 0 Å². The minimum atomic E-state index is -0.308. The molecule has 1 aromatic heterocycles. The number of carbonyl (C=O) groups is 1. The van der Waals surface area contributed by atoms with E-state index < -0.39 is 0 Å². The number of esters is 1. The highest BCUT2D eigenvalue weighted by Gasteiger charge is 2.53. The third kappa shape index (κ3) is 3.42. The van der Waals surface area contributed by atoms with Crippen LogP contribution in [0.5, 0.6) is 5.75 Å². The summed E-state index contributed by atoms with van der Waals surface area (Å²) in [6.45, 7) is 4.63. The first-order chi connectivity index (χ1) is 15.6. The van der Waals surface area contributed by atoms with Crippen LogP contribution in [0, 0.1) is 17.8 Å². The van der Waals surface area contributed by atoms with Crippen LogP contribution < -0.4 is 4.74 Å². The van der Waals surface area contributed by atoms with Crippen molar-refractivity contribution in [3.8, 4) is 5.75 Å². The summed E-state index contributed by atoms with van der Waals surface area (Å²) < 4.78 is 22.6. The largest absolute Gasteiger partial charge is 0.497 e. The number of nitrogens with zero attached hydrogens (tertiary/aromatic N) is 1. The van der Waals surface area contributed by atoms with Crippen molar-refractivity contribution in [2.45, 2.75) is 44.4 Å². The van der Waals surface area contributed by atoms with E-state index in [0.717, 1.165) is 43.6 Å². The standard InChI is InChI=1S/C25H34N2O5/c1-5-32-21-10-14-13-27-9-8-17-16-7-6-15(29-2)11-19(16)26-23(17)20(27)12-18(14)22(24(21)30-3)25(28)31-4/h6-7,11,14,18,20-22,24,26H,5,8-10,12-13H2,1-4H3/t14-,18+,20-,21-,22+,24+/m1/s1. The molecule has 32 heavy (non-hydrogen) atoms. The van der Waals surface area contributed by atoms with E-state index >= 15 is 0 Å². The van der Waals surface area contributed by atoms with Gasteiger partial charge in [-0.15, -0.1) is 0 Å². The van der Waals surface area contributed by atoms with Crippen molar-refractivity contribution >= 4 is 16.9 Å². The lowest BCUT2D eigenvalue weighted by molar-refractivity contribution is -0.182. The van der Waals surface area contributed by atoms with Gasteiger partial charge in [-0.1, -0.05) is 0 Å². The summed E-state index contributed by atoms with van der Waals surface area (Å²) >= 11 is 0. The third-order valence-corrected chi connectivity index (χ3v) is 7.98. The number of aromatic nitrogens is 1. The molecule has 0 spiro atoms. The molecular weight excluding hydrogens is 408 g/mol. The second kappa shape index (κ2) is 8.69. The highest BCUT2D eigenvalue weighted by molar-refractivity contribution is 5.86. The van der Waals surface area contributed by atoms with Gasteiger partial charge in [0.25, 0.3) is 0 Å². The normalized spacial score (nSPS) is 32.1. The Morgan fingerprint density at radius 2 is 2.06 bits per heavy atom. The second-order valence-corrected chi connectivity index (χ2v) is 9.33. The number of piperidine rings is 1. The number of benzene rings is 1. The molecule has 2 aliphatic heterocycles. The Balaban J connectivity index is 1.50. The van der Waals surface area contributed by atoms with Gasteiger partial charge in [-0.05, 0) is 55.7 Å². The molecule has 6 atom stereocenters. The molecule has 7 heteroatoms. The van der Waals surface area contributed by atoms with Crippen molar-refractivity contribution in [3.63, 3.8) is 0 Å². The quantitative estimate of drug-likeness (QED) is 0.716. The lowest BCUT2D eigenvalue weighted by Crippen LogP contribution is -2.58. The number of fused-ring (bicyclic) bond motifs is 6. The van der Waals surface area contributed by atoms with Crippen molar-refractivity contribution in [1.82, 2.24) is 9.88 Å². The van der Waals surface area contributed by atoms with Crippen molar-refractivity contribution in [2.75, 3.05) is 41.0 Å². The smallest absolute Gasteiger partial charge is 0.311 e. The highest BCUT2D eigenvalue weighted by atomic mass is 16.5. The molecule has 5 rings (SSSR count). The molecule has 1 saturated carbocycles. The maximum atomic E-state index is 13.0. The molecule has 0 amide bonds. The molecule has 1 N–H and O–H groups in total. The van der Waals surface area contributed by atoms with Crippen molar-refractivity contribution in [1.29, 1.82) is 0 Å².